The third-order valence-corrected chi connectivity index (χ3v) is 5.90. The quantitative estimate of drug-likeness (QED) is 0.586. The Kier molecular flexibility index (Phi) is 5.59. The Morgan fingerprint density at radius 3 is 2.14 bits per heavy atom. The SMILES string of the molecule is Cc1cc(C2=NN(C)C(=O)C2(C)N(O)C(=O)OC(C)(C)C)cc(C)c1S(C)(=O)=O. The molecule has 1 aromatic carbocycles. The van der Waals surface area contributed by atoms with Crippen LogP contribution in [0.3, 0.4) is 0 Å². The van der Waals surface area contributed by atoms with Crippen molar-refractivity contribution in [2.24, 2.45) is 5.10 Å². The maximum absolute atomic E-state index is 12.8. The van der Waals surface area contributed by atoms with Crippen LogP contribution < -0.4 is 0 Å². The van der Waals surface area contributed by atoms with Crippen molar-refractivity contribution < 1.29 is 28.0 Å². The van der Waals surface area contributed by atoms with Crippen molar-refractivity contribution in [1.82, 2.24) is 10.1 Å². The lowest BCUT2D eigenvalue weighted by molar-refractivity contribution is -0.161. The molecule has 1 atom stereocenters. The standard InChI is InChI=1S/C19H27N3O6S/c1-11-9-13(10-12(2)14(11)29(8,26)27)15-19(6,16(23)21(7)20-15)22(25)17(24)28-18(3,4)5/h9-10,25H,1-8H3. The fourth-order valence-corrected chi connectivity index (χ4v) is 4.69. The fraction of sp³-hybridized carbons (Fsp3) is 0.526. The molecule has 1 aliphatic rings. The van der Waals surface area contributed by atoms with Gasteiger partial charge in [0.25, 0.3) is 5.91 Å². The van der Waals surface area contributed by atoms with Gasteiger partial charge in [0.15, 0.2) is 15.4 Å². The average molecular weight is 426 g/mol. The Hall–Kier alpha value is -2.46. The number of hydrogen-bond acceptors (Lipinski definition) is 7. The van der Waals surface area contributed by atoms with Gasteiger partial charge in [0, 0.05) is 18.9 Å². The monoisotopic (exact) mass is 425 g/mol. The van der Waals surface area contributed by atoms with Gasteiger partial charge in [-0.25, -0.2) is 18.2 Å². The highest BCUT2D eigenvalue weighted by Crippen LogP contribution is 2.32. The molecule has 2 amide bonds. The number of hydrazone groups is 1. The second-order valence-corrected chi connectivity index (χ2v) is 10.3. The smallest absolute Gasteiger partial charge is 0.435 e. The topological polar surface area (TPSA) is 117 Å². The Labute approximate surface area is 170 Å². The molecule has 0 aliphatic carbocycles. The van der Waals surface area contributed by atoms with E-state index in [9.17, 15) is 23.2 Å². The lowest BCUT2D eigenvalue weighted by Gasteiger charge is -2.33. The molecule has 29 heavy (non-hydrogen) atoms. The molecule has 2 rings (SSSR count). The van der Waals surface area contributed by atoms with Crippen LogP contribution in [0.15, 0.2) is 22.1 Å². The zero-order chi connectivity index (χ0) is 22.5. The van der Waals surface area contributed by atoms with E-state index in [-0.39, 0.29) is 15.7 Å². The lowest BCUT2D eigenvalue weighted by Crippen LogP contribution is -2.59. The zero-order valence-corrected chi connectivity index (χ0v) is 18.7. The minimum absolute atomic E-state index is 0.101. The summed E-state index contributed by atoms with van der Waals surface area (Å²) >= 11 is 0. The minimum Gasteiger partial charge on any atom is -0.442 e. The summed E-state index contributed by atoms with van der Waals surface area (Å²) in [6.45, 7) is 9.53. The Morgan fingerprint density at radius 2 is 1.72 bits per heavy atom. The van der Waals surface area contributed by atoms with Crippen molar-refractivity contribution in [1.29, 1.82) is 0 Å². The number of carbonyl (C=O) groups is 2. The van der Waals surface area contributed by atoms with Crippen LogP contribution in [-0.4, -0.2) is 65.9 Å². The van der Waals surface area contributed by atoms with Crippen LogP contribution >= 0.6 is 0 Å². The number of rotatable bonds is 3. The predicted molar refractivity (Wildman–Crippen MR) is 107 cm³/mol. The molecule has 1 N–H and O–H groups in total. The average Bonchev–Trinajstić information content (AvgIpc) is 2.75. The maximum atomic E-state index is 12.8. The summed E-state index contributed by atoms with van der Waals surface area (Å²) in [5.74, 6) is -0.636. The molecule has 160 valence electrons. The number of hydrogen-bond donors (Lipinski definition) is 1. The molecule has 0 radical (unpaired) electrons. The second kappa shape index (κ2) is 7.10. The van der Waals surface area contributed by atoms with Gasteiger partial charge in [-0.15, -0.1) is 0 Å². The van der Waals surface area contributed by atoms with Crippen molar-refractivity contribution in [3.63, 3.8) is 0 Å². The first-order valence-corrected chi connectivity index (χ1v) is 10.8. The molecule has 0 fully saturated rings. The number of likely N-dealkylation sites (N-methyl/N-ethyl adjacent to an activating group) is 1. The summed E-state index contributed by atoms with van der Waals surface area (Å²) in [5.41, 5.74) is -1.28. The number of nitrogens with zero attached hydrogens (tertiary/aromatic N) is 3. The van der Waals surface area contributed by atoms with Crippen LogP contribution in [-0.2, 0) is 19.4 Å². The number of hydroxylamine groups is 2. The van der Waals surface area contributed by atoms with E-state index in [0.29, 0.717) is 16.7 Å². The van der Waals surface area contributed by atoms with Crippen molar-refractivity contribution in [3.05, 3.63) is 28.8 Å². The first kappa shape index (κ1) is 22.8. The second-order valence-electron chi connectivity index (χ2n) is 8.35. The van der Waals surface area contributed by atoms with Crippen LogP contribution in [0.1, 0.15) is 44.4 Å². The van der Waals surface area contributed by atoms with E-state index in [1.54, 1.807) is 46.8 Å². The summed E-state index contributed by atoms with van der Waals surface area (Å²) in [5, 5.41) is 16.1. The molecular weight excluding hydrogens is 398 g/mol. The number of amides is 2. The molecule has 1 heterocycles. The highest BCUT2D eigenvalue weighted by molar-refractivity contribution is 7.90. The van der Waals surface area contributed by atoms with Gasteiger partial charge < -0.3 is 4.74 Å². The van der Waals surface area contributed by atoms with Gasteiger partial charge in [0.05, 0.1) is 4.90 Å². The third-order valence-electron chi connectivity index (χ3n) is 4.52. The number of sulfone groups is 1. The summed E-state index contributed by atoms with van der Waals surface area (Å²) in [6.07, 6.45) is 0.0200. The van der Waals surface area contributed by atoms with Crippen LogP contribution in [0.25, 0.3) is 0 Å². The van der Waals surface area contributed by atoms with Crippen LogP contribution in [0.4, 0.5) is 4.79 Å². The van der Waals surface area contributed by atoms with E-state index in [4.69, 9.17) is 4.74 Å². The van der Waals surface area contributed by atoms with Gasteiger partial charge in [-0.1, -0.05) is 0 Å². The molecule has 0 bridgehead atoms. The van der Waals surface area contributed by atoms with Crippen molar-refractivity contribution in [2.45, 2.75) is 57.6 Å². The molecule has 10 heteroatoms. The van der Waals surface area contributed by atoms with E-state index in [1.807, 2.05) is 0 Å². The fourth-order valence-electron chi connectivity index (χ4n) is 3.40. The van der Waals surface area contributed by atoms with E-state index < -0.39 is 33.0 Å². The van der Waals surface area contributed by atoms with E-state index >= 15 is 0 Å². The van der Waals surface area contributed by atoms with Gasteiger partial charge in [-0.2, -0.15) is 10.2 Å². The molecule has 0 saturated heterocycles. The number of benzene rings is 1. The zero-order valence-electron chi connectivity index (χ0n) is 17.9. The number of carbonyl (C=O) groups excluding carboxylic acids is 2. The molecule has 0 spiro atoms. The van der Waals surface area contributed by atoms with Gasteiger partial charge in [-0.3, -0.25) is 10.0 Å². The van der Waals surface area contributed by atoms with Crippen molar-refractivity contribution >= 4 is 27.5 Å². The summed E-state index contributed by atoms with van der Waals surface area (Å²) in [6, 6.07) is 3.13. The molecule has 0 aromatic heterocycles. The van der Waals surface area contributed by atoms with E-state index in [1.165, 1.54) is 14.0 Å². The third kappa shape index (κ3) is 4.13. The number of ether oxygens (including phenoxy) is 1. The van der Waals surface area contributed by atoms with Gasteiger partial charge in [0.1, 0.15) is 11.3 Å². The summed E-state index contributed by atoms with van der Waals surface area (Å²) < 4.78 is 29.3. The van der Waals surface area contributed by atoms with Crippen LogP contribution in [0.5, 0.6) is 0 Å². The van der Waals surface area contributed by atoms with Gasteiger partial charge >= 0.3 is 6.09 Å². The Balaban J connectivity index is 2.61. The first-order valence-electron chi connectivity index (χ1n) is 8.91. The minimum atomic E-state index is -3.46. The van der Waals surface area contributed by atoms with Crippen molar-refractivity contribution in [3.8, 4) is 0 Å². The predicted octanol–water partition coefficient (Wildman–Crippen LogP) is 2.27. The molecular formula is C19H27N3O6S. The normalized spacial score (nSPS) is 20.0. The van der Waals surface area contributed by atoms with E-state index in [0.717, 1.165) is 11.3 Å². The first-order chi connectivity index (χ1) is 13.0. The van der Waals surface area contributed by atoms with Gasteiger partial charge in [-0.05, 0) is 64.8 Å². The lowest BCUT2D eigenvalue weighted by atomic mass is 9.88. The maximum Gasteiger partial charge on any atom is 0.435 e. The molecule has 9 nitrogen and oxygen atoms in total. The highest BCUT2D eigenvalue weighted by Gasteiger charge is 2.54. The highest BCUT2D eigenvalue weighted by atomic mass is 32.2. The molecule has 1 aromatic rings. The Morgan fingerprint density at radius 1 is 1.24 bits per heavy atom. The van der Waals surface area contributed by atoms with Crippen molar-refractivity contribution in [2.75, 3.05) is 13.3 Å². The molecule has 1 unspecified atom stereocenters. The van der Waals surface area contributed by atoms with Crippen LogP contribution in [0, 0.1) is 13.8 Å². The summed E-state index contributed by atoms with van der Waals surface area (Å²) in [7, 11) is -2.05. The molecule has 0 saturated carbocycles. The van der Waals surface area contributed by atoms with Crippen LogP contribution in [0.2, 0.25) is 0 Å². The Bertz CT molecular complexity index is 986. The molecule has 1 aliphatic heterocycles. The van der Waals surface area contributed by atoms with Gasteiger partial charge in [0.2, 0.25) is 0 Å². The largest absolute Gasteiger partial charge is 0.442 e. The summed E-state index contributed by atoms with van der Waals surface area (Å²) in [4.78, 5) is 25.5. The van der Waals surface area contributed by atoms with E-state index in [2.05, 4.69) is 5.10 Å². The number of aryl methyl sites for hydroxylation is 2.